The van der Waals surface area contributed by atoms with Gasteiger partial charge in [-0.05, 0) is 41.0 Å². The van der Waals surface area contributed by atoms with Gasteiger partial charge in [-0.15, -0.1) is 0 Å². The first-order valence-corrected chi connectivity index (χ1v) is 11.2. The summed E-state index contributed by atoms with van der Waals surface area (Å²) in [6.07, 6.45) is 1.96. The van der Waals surface area contributed by atoms with Gasteiger partial charge in [-0.3, -0.25) is 9.89 Å². The second kappa shape index (κ2) is 12.5. The highest BCUT2D eigenvalue weighted by molar-refractivity contribution is 7.88. The van der Waals surface area contributed by atoms with Crippen molar-refractivity contribution >= 4 is 16.0 Å². The van der Waals surface area contributed by atoms with Gasteiger partial charge in [0.05, 0.1) is 6.26 Å². The summed E-state index contributed by atoms with van der Waals surface area (Å²) in [6, 6.07) is 1.02. The minimum absolute atomic E-state index is 0.501. The van der Waals surface area contributed by atoms with E-state index in [0.717, 1.165) is 25.6 Å². The lowest BCUT2D eigenvalue weighted by Crippen LogP contribution is -2.45. The molecule has 7 nitrogen and oxygen atoms in total. The van der Waals surface area contributed by atoms with Gasteiger partial charge in [-0.25, -0.2) is 12.7 Å². The SMILES string of the molecule is CCNC(=NCCCN(CC)S(C)(=O)=O)NCCN(C(C)C)C(C)C. The number of nitrogens with zero attached hydrogens (tertiary/aromatic N) is 3. The smallest absolute Gasteiger partial charge is 0.211 e. The molecule has 0 heterocycles. The monoisotopic (exact) mass is 377 g/mol. The molecule has 0 aromatic carbocycles. The molecule has 0 unspecified atom stereocenters. The van der Waals surface area contributed by atoms with Crippen LogP contribution in [0.3, 0.4) is 0 Å². The van der Waals surface area contributed by atoms with Crippen molar-refractivity contribution in [3.8, 4) is 0 Å². The zero-order valence-corrected chi connectivity index (χ0v) is 18.0. The van der Waals surface area contributed by atoms with E-state index in [1.807, 2.05) is 13.8 Å². The number of sulfonamides is 1. The third kappa shape index (κ3) is 10.7. The summed E-state index contributed by atoms with van der Waals surface area (Å²) in [5, 5.41) is 6.59. The van der Waals surface area contributed by atoms with Gasteiger partial charge in [0, 0.05) is 51.4 Å². The Labute approximate surface area is 155 Å². The molecule has 25 heavy (non-hydrogen) atoms. The van der Waals surface area contributed by atoms with Crippen molar-refractivity contribution in [1.82, 2.24) is 19.8 Å². The van der Waals surface area contributed by atoms with Crippen LogP contribution in [0.1, 0.15) is 48.0 Å². The lowest BCUT2D eigenvalue weighted by Gasteiger charge is -2.30. The lowest BCUT2D eigenvalue weighted by atomic mass is 10.2. The molecule has 0 aromatic heterocycles. The zero-order valence-electron chi connectivity index (χ0n) is 17.2. The van der Waals surface area contributed by atoms with Crippen molar-refractivity contribution in [2.24, 2.45) is 4.99 Å². The molecule has 0 rings (SSSR count). The Balaban J connectivity index is 4.42. The Kier molecular flexibility index (Phi) is 12.1. The van der Waals surface area contributed by atoms with Crippen LogP contribution < -0.4 is 10.6 Å². The second-order valence-electron chi connectivity index (χ2n) is 6.72. The fourth-order valence-electron chi connectivity index (χ4n) is 2.75. The zero-order chi connectivity index (χ0) is 19.5. The molecule has 0 aliphatic carbocycles. The topological polar surface area (TPSA) is 77.0 Å². The normalized spacial score (nSPS) is 13.3. The number of nitrogens with one attached hydrogen (secondary N) is 2. The van der Waals surface area contributed by atoms with Crippen LogP contribution in [0.25, 0.3) is 0 Å². The molecule has 0 aliphatic rings. The summed E-state index contributed by atoms with van der Waals surface area (Å²) >= 11 is 0. The molecule has 0 radical (unpaired) electrons. The summed E-state index contributed by atoms with van der Waals surface area (Å²) in [4.78, 5) is 6.98. The van der Waals surface area contributed by atoms with Gasteiger partial charge in [0.25, 0.3) is 0 Å². The van der Waals surface area contributed by atoms with E-state index in [9.17, 15) is 8.42 Å². The summed E-state index contributed by atoms with van der Waals surface area (Å²) < 4.78 is 24.6. The maximum Gasteiger partial charge on any atom is 0.211 e. The van der Waals surface area contributed by atoms with Crippen molar-refractivity contribution in [3.05, 3.63) is 0 Å². The third-order valence-electron chi connectivity index (χ3n) is 3.99. The molecular weight excluding hydrogens is 338 g/mol. The Bertz CT molecular complexity index is 469. The van der Waals surface area contributed by atoms with E-state index in [1.54, 1.807) is 0 Å². The molecule has 0 aromatic rings. The van der Waals surface area contributed by atoms with Crippen molar-refractivity contribution in [3.63, 3.8) is 0 Å². The van der Waals surface area contributed by atoms with Gasteiger partial charge >= 0.3 is 0 Å². The highest BCUT2D eigenvalue weighted by Crippen LogP contribution is 2.03. The van der Waals surface area contributed by atoms with Crippen molar-refractivity contribution in [2.45, 2.75) is 60.0 Å². The predicted octanol–water partition coefficient (Wildman–Crippen LogP) is 1.33. The molecule has 0 atom stereocenters. The summed E-state index contributed by atoms with van der Waals surface area (Å²) in [5.41, 5.74) is 0. The van der Waals surface area contributed by atoms with E-state index in [4.69, 9.17) is 0 Å². The van der Waals surface area contributed by atoms with Crippen LogP contribution in [0.5, 0.6) is 0 Å². The molecule has 0 spiro atoms. The Morgan fingerprint density at radius 1 is 1.04 bits per heavy atom. The first kappa shape index (κ1) is 24.1. The quantitative estimate of drug-likeness (QED) is 0.305. The van der Waals surface area contributed by atoms with Crippen molar-refractivity contribution < 1.29 is 8.42 Å². The Hall–Kier alpha value is -0.860. The number of hydrogen-bond donors (Lipinski definition) is 2. The van der Waals surface area contributed by atoms with Crippen LogP contribution in [0.2, 0.25) is 0 Å². The summed E-state index contributed by atoms with van der Waals surface area (Å²) in [6.45, 7) is 16.9. The fraction of sp³-hybridized carbons (Fsp3) is 0.941. The van der Waals surface area contributed by atoms with E-state index < -0.39 is 10.0 Å². The lowest BCUT2D eigenvalue weighted by molar-refractivity contribution is 0.178. The van der Waals surface area contributed by atoms with E-state index in [1.165, 1.54) is 10.6 Å². The third-order valence-corrected chi connectivity index (χ3v) is 5.37. The van der Waals surface area contributed by atoms with E-state index in [0.29, 0.717) is 38.1 Å². The van der Waals surface area contributed by atoms with Crippen LogP contribution >= 0.6 is 0 Å². The van der Waals surface area contributed by atoms with Crippen molar-refractivity contribution in [1.29, 1.82) is 0 Å². The molecule has 2 N–H and O–H groups in total. The molecule has 0 aliphatic heterocycles. The van der Waals surface area contributed by atoms with Gasteiger partial charge in [0.1, 0.15) is 0 Å². The maximum atomic E-state index is 11.6. The Morgan fingerprint density at radius 2 is 1.64 bits per heavy atom. The minimum atomic E-state index is -3.12. The average molecular weight is 378 g/mol. The van der Waals surface area contributed by atoms with Crippen LogP contribution in [-0.2, 0) is 10.0 Å². The first-order chi connectivity index (χ1) is 11.6. The molecule has 8 heteroatoms. The molecule has 0 saturated heterocycles. The number of guanidine groups is 1. The van der Waals surface area contributed by atoms with Crippen LogP contribution in [0.15, 0.2) is 4.99 Å². The average Bonchev–Trinajstić information content (AvgIpc) is 2.49. The van der Waals surface area contributed by atoms with Gasteiger partial charge in [0.15, 0.2) is 5.96 Å². The molecule has 0 saturated carbocycles. The molecule has 0 fully saturated rings. The molecule has 0 bridgehead atoms. The van der Waals surface area contributed by atoms with Crippen LogP contribution in [0.4, 0.5) is 0 Å². The predicted molar refractivity (Wildman–Crippen MR) is 108 cm³/mol. The number of rotatable bonds is 12. The van der Waals surface area contributed by atoms with E-state index in [-0.39, 0.29) is 0 Å². The van der Waals surface area contributed by atoms with E-state index >= 15 is 0 Å². The Morgan fingerprint density at radius 3 is 2.08 bits per heavy atom. The highest BCUT2D eigenvalue weighted by Gasteiger charge is 2.14. The van der Waals surface area contributed by atoms with Crippen LogP contribution in [0, 0.1) is 0 Å². The number of aliphatic imine (C=N–C) groups is 1. The van der Waals surface area contributed by atoms with Crippen molar-refractivity contribution in [2.75, 3.05) is 45.5 Å². The largest absolute Gasteiger partial charge is 0.357 e. The fourth-order valence-corrected chi connectivity index (χ4v) is 3.68. The van der Waals surface area contributed by atoms with Gasteiger partial charge in [0.2, 0.25) is 10.0 Å². The van der Waals surface area contributed by atoms with E-state index in [2.05, 4.69) is 48.2 Å². The summed E-state index contributed by atoms with van der Waals surface area (Å²) in [5.74, 6) is 0.789. The molecule has 150 valence electrons. The van der Waals surface area contributed by atoms with Crippen LogP contribution in [-0.4, -0.2) is 81.2 Å². The maximum absolute atomic E-state index is 11.6. The summed E-state index contributed by atoms with van der Waals surface area (Å²) in [7, 11) is -3.12. The number of hydrogen-bond acceptors (Lipinski definition) is 4. The highest BCUT2D eigenvalue weighted by atomic mass is 32.2. The second-order valence-corrected chi connectivity index (χ2v) is 8.70. The molecular formula is C17H39N5O2S. The van der Waals surface area contributed by atoms with Gasteiger partial charge in [-0.1, -0.05) is 6.92 Å². The minimum Gasteiger partial charge on any atom is -0.357 e. The standard InChI is InChI=1S/C17H39N5O2S/c1-8-18-17(20-12-14-22(15(3)4)16(5)6)19-11-10-13-21(9-2)25(7,23)24/h15-16H,8-14H2,1-7H3,(H2,18,19,20). The molecule has 0 amide bonds. The van der Waals surface area contributed by atoms with Gasteiger partial charge in [-0.2, -0.15) is 0 Å². The first-order valence-electron chi connectivity index (χ1n) is 9.36. The van der Waals surface area contributed by atoms with Gasteiger partial charge < -0.3 is 10.6 Å².